The molecule has 2 aromatic carbocycles. The minimum atomic E-state index is -1.20. The monoisotopic (exact) mass is 595 g/mol. The third kappa shape index (κ3) is 5.33. The quantitative estimate of drug-likeness (QED) is 0.207. The van der Waals surface area contributed by atoms with Gasteiger partial charge in [-0.2, -0.15) is 0 Å². The Hall–Kier alpha value is -3.12. The van der Waals surface area contributed by atoms with Crippen molar-refractivity contribution in [1.82, 2.24) is 4.90 Å². The molecular formula is C22H19Br2N3O7. The van der Waals surface area contributed by atoms with Crippen LogP contribution in [0.4, 0.5) is 11.4 Å². The number of benzene rings is 2. The molecule has 0 saturated carbocycles. The highest BCUT2D eigenvalue weighted by atomic mass is 79.9. The molecule has 1 heterocycles. The second-order valence-corrected chi connectivity index (χ2v) is 9.58. The summed E-state index contributed by atoms with van der Waals surface area (Å²) >= 11 is 6.32. The van der Waals surface area contributed by atoms with Crippen LogP contribution >= 0.6 is 31.9 Å². The van der Waals surface area contributed by atoms with Gasteiger partial charge in [-0.3, -0.25) is 29.4 Å². The van der Waals surface area contributed by atoms with E-state index in [1.165, 1.54) is 24.3 Å². The number of fused-ring (bicyclic) bond motifs is 1. The molecule has 10 nitrogen and oxygen atoms in total. The molecule has 0 spiro atoms. The van der Waals surface area contributed by atoms with Gasteiger partial charge in [0.05, 0.1) is 21.7 Å². The first-order chi connectivity index (χ1) is 16.0. The number of carbonyl (C=O) groups is 4. The van der Waals surface area contributed by atoms with Gasteiger partial charge in [-0.15, -0.1) is 0 Å². The first-order valence-corrected chi connectivity index (χ1v) is 11.7. The van der Waals surface area contributed by atoms with Crippen LogP contribution in [0.25, 0.3) is 0 Å². The number of rotatable bonds is 8. The number of halogens is 2. The van der Waals surface area contributed by atoms with Gasteiger partial charge in [-0.1, -0.05) is 26.0 Å². The average Bonchev–Trinajstić information content (AvgIpc) is 3.03. The fourth-order valence-electron chi connectivity index (χ4n) is 3.44. The molecule has 1 atom stereocenters. The maximum atomic E-state index is 12.9. The maximum Gasteiger partial charge on any atom is 0.329 e. The van der Waals surface area contributed by atoms with Crippen molar-refractivity contribution in [3.63, 3.8) is 0 Å². The normalized spacial score (nSPS) is 13.6. The molecular weight excluding hydrogens is 578 g/mol. The number of hydrogen-bond acceptors (Lipinski definition) is 7. The van der Waals surface area contributed by atoms with E-state index in [0.29, 0.717) is 0 Å². The van der Waals surface area contributed by atoms with Crippen molar-refractivity contribution in [2.24, 2.45) is 5.92 Å². The van der Waals surface area contributed by atoms with Crippen LogP contribution in [0.1, 0.15) is 41.0 Å². The van der Waals surface area contributed by atoms with Crippen molar-refractivity contribution in [1.29, 1.82) is 0 Å². The molecule has 3 amide bonds. The Bertz CT molecular complexity index is 1140. The number of hydrogen-bond donors (Lipinski definition) is 1. The molecule has 1 aliphatic rings. The van der Waals surface area contributed by atoms with E-state index in [9.17, 15) is 29.3 Å². The Morgan fingerprint density at radius 2 is 1.62 bits per heavy atom. The number of nitro benzene ring substituents is 1. The molecule has 0 unspecified atom stereocenters. The molecule has 1 aliphatic heterocycles. The molecule has 12 heteroatoms. The third-order valence-corrected chi connectivity index (χ3v) is 6.20. The molecule has 2 aromatic rings. The predicted octanol–water partition coefficient (Wildman–Crippen LogP) is 4.31. The Kier molecular flexibility index (Phi) is 7.82. The number of nitrogens with one attached hydrogen (secondary N) is 1. The topological polar surface area (TPSA) is 136 Å². The lowest BCUT2D eigenvalue weighted by molar-refractivity contribution is -0.385. The summed E-state index contributed by atoms with van der Waals surface area (Å²) in [6, 6.07) is 7.52. The number of nitrogens with zero attached hydrogens (tertiary/aromatic N) is 2. The summed E-state index contributed by atoms with van der Waals surface area (Å²) in [5.41, 5.74) is 0.436. The molecule has 0 bridgehead atoms. The number of non-ortho nitro benzene ring substituents is 1. The van der Waals surface area contributed by atoms with E-state index in [4.69, 9.17) is 4.74 Å². The van der Waals surface area contributed by atoms with Gasteiger partial charge in [0.1, 0.15) is 6.04 Å². The number of esters is 1. The number of imide groups is 1. The first-order valence-electron chi connectivity index (χ1n) is 10.1. The fraction of sp³-hybridized carbons (Fsp3) is 0.273. The van der Waals surface area contributed by atoms with Crippen molar-refractivity contribution in [2.45, 2.75) is 26.3 Å². The largest absolute Gasteiger partial charge is 0.454 e. The van der Waals surface area contributed by atoms with Crippen molar-refractivity contribution >= 4 is 66.9 Å². The number of carbonyl (C=O) groups excluding carboxylic acids is 4. The van der Waals surface area contributed by atoms with Crippen molar-refractivity contribution in [3.05, 3.63) is 66.6 Å². The summed E-state index contributed by atoms with van der Waals surface area (Å²) in [5, 5.41) is 13.5. The zero-order chi connectivity index (χ0) is 25.2. The van der Waals surface area contributed by atoms with Crippen LogP contribution in [0.15, 0.2) is 45.3 Å². The van der Waals surface area contributed by atoms with Crippen LogP contribution in [0.5, 0.6) is 0 Å². The van der Waals surface area contributed by atoms with Crippen molar-refractivity contribution in [3.8, 4) is 0 Å². The lowest BCUT2D eigenvalue weighted by Crippen LogP contribution is -2.46. The molecule has 0 aromatic heterocycles. The van der Waals surface area contributed by atoms with Crippen LogP contribution in [0.3, 0.4) is 0 Å². The van der Waals surface area contributed by atoms with E-state index in [1.807, 2.05) is 13.8 Å². The summed E-state index contributed by atoms with van der Waals surface area (Å²) < 4.78 is 5.65. The van der Waals surface area contributed by atoms with Gasteiger partial charge < -0.3 is 10.1 Å². The van der Waals surface area contributed by atoms with E-state index in [-0.39, 0.29) is 43.8 Å². The first kappa shape index (κ1) is 25.5. The molecule has 0 saturated heterocycles. The van der Waals surface area contributed by atoms with Gasteiger partial charge in [0.15, 0.2) is 6.61 Å². The predicted molar refractivity (Wildman–Crippen MR) is 128 cm³/mol. The van der Waals surface area contributed by atoms with Crippen molar-refractivity contribution < 1.29 is 28.8 Å². The van der Waals surface area contributed by atoms with Crippen LogP contribution in [-0.4, -0.2) is 46.2 Å². The lowest BCUT2D eigenvalue weighted by Gasteiger charge is -2.25. The van der Waals surface area contributed by atoms with E-state index < -0.39 is 41.3 Å². The summed E-state index contributed by atoms with van der Waals surface area (Å²) in [6.45, 7) is 2.97. The fourth-order valence-corrected chi connectivity index (χ4v) is 4.80. The van der Waals surface area contributed by atoms with Gasteiger partial charge in [-0.25, -0.2) is 4.79 Å². The second-order valence-electron chi connectivity index (χ2n) is 7.87. The molecule has 3 rings (SSSR count). The molecule has 34 heavy (non-hydrogen) atoms. The van der Waals surface area contributed by atoms with E-state index in [1.54, 1.807) is 12.1 Å². The Balaban J connectivity index is 1.72. The number of nitro groups is 1. The third-order valence-electron chi connectivity index (χ3n) is 4.95. The standard InChI is InChI=1S/C22H19Br2N3O7/c1-11(2)7-17(26-20(29)13-5-3-4-6-14(13)21(26)30)22(31)34-10-18(28)25-19-15(23)8-12(27(32)33)9-16(19)24/h3-6,8-9,11,17H,7,10H2,1-2H3,(H,25,28)/t17-/m1/s1. The van der Waals surface area contributed by atoms with Gasteiger partial charge in [0.25, 0.3) is 23.4 Å². The van der Waals surface area contributed by atoms with Crippen LogP contribution in [0, 0.1) is 16.0 Å². The summed E-state index contributed by atoms with van der Waals surface area (Å²) in [4.78, 5) is 62.2. The van der Waals surface area contributed by atoms with Crippen molar-refractivity contribution in [2.75, 3.05) is 11.9 Å². The minimum Gasteiger partial charge on any atom is -0.454 e. The van der Waals surface area contributed by atoms with Crippen LogP contribution in [-0.2, 0) is 14.3 Å². The summed E-state index contributed by atoms with van der Waals surface area (Å²) in [7, 11) is 0. The molecule has 0 radical (unpaired) electrons. The summed E-state index contributed by atoms with van der Waals surface area (Å²) in [6.07, 6.45) is 0.158. The molecule has 0 fully saturated rings. The van der Waals surface area contributed by atoms with E-state index >= 15 is 0 Å². The highest BCUT2D eigenvalue weighted by Crippen LogP contribution is 2.35. The Labute approximate surface area is 211 Å². The average molecular weight is 597 g/mol. The van der Waals surface area contributed by atoms with Crippen LogP contribution < -0.4 is 5.32 Å². The maximum absolute atomic E-state index is 12.9. The second kappa shape index (κ2) is 10.4. The smallest absolute Gasteiger partial charge is 0.329 e. The van der Waals surface area contributed by atoms with Gasteiger partial charge in [-0.05, 0) is 56.3 Å². The Morgan fingerprint density at radius 3 is 2.09 bits per heavy atom. The Morgan fingerprint density at radius 1 is 1.09 bits per heavy atom. The molecule has 178 valence electrons. The van der Waals surface area contributed by atoms with Gasteiger partial charge in [0.2, 0.25) is 0 Å². The SMILES string of the molecule is CC(C)C[C@H](C(=O)OCC(=O)Nc1c(Br)cc([N+](=O)[O-])cc1Br)N1C(=O)c2ccccc2C1=O. The highest BCUT2D eigenvalue weighted by molar-refractivity contribution is 9.11. The highest BCUT2D eigenvalue weighted by Gasteiger charge is 2.43. The summed E-state index contributed by atoms with van der Waals surface area (Å²) in [5.74, 6) is -2.84. The minimum absolute atomic E-state index is 0.0530. The molecule has 1 N–H and O–H groups in total. The van der Waals surface area contributed by atoms with Gasteiger partial charge in [0, 0.05) is 21.1 Å². The number of anilines is 1. The van der Waals surface area contributed by atoms with E-state index in [0.717, 1.165) is 4.90 Å². The van der Waals surface area contributed by atoms with Gasteiger partial charge >= 0.3 is 5.97 Å². The molecule has 0 aliphatic carbocycles. The zero-order valence-electron chi connectivity index (χ0n) is 18.0. The number of amides is 3. The van der Waals surface area contributed by atoms with Crippen LogP contribution in [0.2, 0.25) is 0 Å². The number of ether oxygens (including phenoxy) is 1. The zero-order valence-corrected chi connectivity index (χ0v) is 21.2. The lowest BCUT2D eigenvalue weighted by atomic mass is 10.0. The van der Waals surface area contributed by atoms with E-state index in [2.05, 4.69) is 37.2 Å².